The molecule has 0 saturated carbocycles. The smallest absolute Gasteiger partial charge is 0.141 e. The van der Waals surface area contributed by atoms with Gasteiger partial charge < -0.3 is 10.0 Å². The number of aliphatic hydroxyl groups is 1. The Morgan fingerprint density at radius 2 is 1.84 bits per heavy atom. The third-order valence-electron chi connectivity index (χ3n) is 5.37. The van der Waals surface area contributed by atoms with Crippen molar-refractivity contribution in [2.45, 2.75) is 32.8 Å². The van der Waals surface area contributed by atoms with E-state index in [0.29, 0.717) is 5.92 Å². The number of piperidine rings is 1. The monoisotopic (exact) mass is 353 g/mol. The van der Waals surface area contributed by atoms with Crippen molar-refractivity contribution in [3.63, 3.8) is 0 Å². The average molecular weight is 353 g/mol. The topological polar surface area (TPSA) is 49.2 Å². The molecular formula is C20H23N3OS. The number of hydrogen-bond donors (Lipinski definition) is 1. The van der Waals surface area contributed by atoms with Crippen molar-refractivity contribution in [1.29, 1.82) is 0 Å². The summed E-state index contributed by atoms with van der Waals surface area (Å²) in [5, 5.41) is 11.9. The molecule has 0 amide bonds. The summed E-state index contributed by atoms with van der Waals surface area (Å²) in [5.74, 6) is 1.36. The molecule has 0 bridgehead atoms. The van der Waals surface area contributed by atoms with Crippen molar-refractivity contribution in [2.75, 3.05) is 18.0 Å². The van der Waals surface area contributed by atoms with E-state index in [1.807, 2.05) is 30.3 Å². The zero-order valence-electron chi connectivity index (χ0n) is 14.6. The lowest BCUT2D eigenvalue weighted by Gasteiger charge is -2.35. The maximum absolute atomic E-state index is 10.7. The van der Waals surface area contributed by atoms with E-state index in [1.165, 1.54) is 15.8 Å². The third kappa shape index (κ3) is 3.02. The zero-order chi connectivity index (χ0) is 17.4. The molecule has 1 saturated heterocycles. The number of thiophene rings is 1. The van der Waals surface area contributed by atoms with Crippen molar-refractivity contribution < 1.29 is 5.11 Å². The Labute approximate surface area is 152 Å². The molecular weight excluding hydrogens is 330 g/mol. The maximum Gasteiger partial charge on any atom is 0.141 e. The second-order valence-electron chi connectivity index (χ2n) is 6.84. The van der Waals surface area contributed by atoms with E-state index in [-0.39, 0.29) is 6.10 Å². The van der Waals surface area contributed by atoms with Crippen molar-refractivity contribution in [1.82, 2.24) is 9.97 Å². The van der Waals surface area contributed by atoms with Gasteiger partial charge in [-0.15, -0.1) is 11.3 Å². The fourth-order valence-corrected chi connectivity index (χ4v) is 4.74. The summed E-state index contributed by atoms with van der Waals surface area (Å²) in [6.45, 7) is 6.16. The van der Waals surface area contributed by atoms with E-state index in [9.17, 15) is 5.11 Å². The minimum absolute atomic E-state index is 0.307. The highest BCUT2D eigenvalue weighted by Crippen LogP contribution is 2.37. The van der Waals surface area contributed by atoms with Crippen LogP contribution in [0.3, 0.4) is 0 Å². The lowest BCUT2D eigenvalue weighted by atomic mass is 9.87. The van der Waals surface area contributed by atoms with Gasteiger partial charge in [0.1, 0.15) is 17.0 Å². The van der Waals surface area contributed by atoms with Crippen LogP contribution in [-0.4, -0.2) is 28.2 Å². The highest BCUT2D eigenvalue weighted by molar-refractivity contribution is 7.18. The van der Waals surface area contributed by atoms with Crippen molar-refractivity contribution in [3.8, 4) is 0 Å². The van der Waals surface area contributed by atoms with Gasteiger partial charge in [0, 0.05) is 18.0 Å². The summed E-state index contributed by atoms with van der Waals surface area (Å²) in [7, 11) is 0. The number of rotatable bonds is 3. The average Bonchev–Trinajstić information content (AvgIpc) is 2.96. The van der Waals surface area contributed by atoms with Gasteiger partial charge in [0.05, 0.1) is 11.5 Å². The Morgan fingerprint density at radius 3 is 2.56 bits per heavy atom. The molecule has 3 heterocycles. The van der Waals surface area contributed by atoms with Crippen LogP contribution in [0.5, 0.6) is 0 Å². The highest BCUT2D eigenvalue weighted by atomic mass is 32.1. The SMILES string of the molecule is Cc1sc2ncnc(N3CCC([C@H](O)c4ccccc4)CC3)c2c1C. The van der Waals surface area contributed by atoms with Crippen LogP contribution >= 0.6 is 11.3 Å². The van der Waals surface area contributed by atoms with Gasteiger partial charge in [-0.1, -0.05) is 30.3 Å². The van der Waals surface area contributed by atoms with Crippen LogP contribution in [-0.2, 0) is 0 Å². The van der Waals surface area contributed by atoms with Gasteiger partial charge in [0.25, 0.3) is 0 Å². The van der Waals surface area contributed by atoms with Gasteiger partial charge >= 0.3 is 0 Å². The summed E-state index contributed by atoms with van der Waals surface area (Å²) in [6, 6.07) is 10.0. The lowest BCUT2D eigenvalue weighted by Crippen LogP contribution is -2.36. The summed E-state index contributed by atoms with van der Waals surface area (Å²) >= 11 is 1.74. The van der Waals surface area contributed by atoms with E-state index >= 15 is 0 Å². The van der Waals surface area contributed by atoms with Crippen LogP contribution in [0.1, 0.15) is 34.9 Å². The molecule has 4 rings (SSSR count). The highest BCUT2D eigenvalue weighted by Gasteiger charge is 2.28. The summed E-state index contributed by atoms with van der Waals surface area (Å²) in [5.41, 5.74) is 2.32. The minimum Gasteiger partial charge on any atom is -0.388 e. The summed E-state index contributed by atoms with van der Waals surface area (Å²) in [6.07, 6.45) is 3.25. The minimum atomic E-state index is -0.376. The fraction of sp³-hybridized carbons (Fsp3) is 0.400. The van der Waals surface area contributed by atoms with Crippen molar-refractivity contribution >= 4 is 27.4 Å². The van der Waals surface area contributed by atoms with Gasteiger partial charge in [0.2, 0.25) is 0 Å². The summed E-state index contributed by atoms with van der Waals surface area (Å²) in [4.78, 5) is 13.8. The maximum atomic E-state index is 10.7. The Bertz CT molecular complexity index is 869. The number of aliphatic hydroxyl groups excluding tert-OH is 1. The predicted octanol–water partition coefficient (Wildman–Crippen LogP) is 4.26. The molecule has 0 aliphatic carbocycles. The molecule has 1 aromatic carbocycles. The molecule has 0 radical (unpaired) electrons. The number of fused-ring (bicyclic) bond motifs is 1. The third-order valence-corrected chi connectivity index (χ3v) is 6.49. The Morgan fingerprint density at radius 1 is 1.12 bits per heavy atom. The number of anilines is 1. The molecule has 1 fully saturated rings. The lowest BCUT2D eigenvalue weighted by molar-refractivity contribution is 0.0929. The van der Waals surface area contributed by atoms with E-state index in [2.05, 4.69) is 28.7 Å². The number of hydrogen-bond acceptors (Lipinski definition) is 5. The Kier molecular flexibility index (Phi) is 4.44. The standard InChI is InChI=1S/C20H23N3OS/c1-13-14(2)25-20-17(13)19(21-12-22-20)23-10-8-16(9-11-23)18(24)15-6-4-3-5-7-15/h3-7,12,16,18,24H,8-11H2,1-2H3/t18-/m1/s1. The van der Waals surface area contributed by atoms with Crippen LogP contribution in [0, 0.1) is 19.8 Å². The molecule has 0 unspecified atom stereocenters. The zero-order valence-corrected chi connectivity index (χ0v) is 15.5. The molecule has 5 heteroatoms. The van der Waals surface area contributed by atoms with Gasteiger partial charge in [-0.25, -0.2) is 9.97 Å². The molecule has 3 aromatic rings. The molecule has 1 N–H and O–H groups in total. The van der Waals surface area contributed by atoms with Gasteiger partial charge in [-0.2, -0.15) is 0 Å². The quantitative estimate of drug-likeness (QED) is 0.764. The summed E-state index contributed by atoms with van der Waals surface area (Å²) < 4.78 is 0. The van der Waals surface area contributed by atoms with Crippen LogP contribution in [0.2, 0.25) is 0 Å². The molecule has 25 heavy (non-hydrogen) atoms. The first kappa shape index (κ1) is 16.5. The fourth-order valence-electron chi connectivity index (χ4n) is 3.75. The molecule has 1 aliphatic rings. The number of aryl methyl sites for hydroxylation is 2. The van der Waals surface area contributed by atoms with Crippen LogP contribution in [0.4, 0.5) is 5.82 Å². The Balaban J connectivity index is 1.53. The van der Waals surface area contributed by atoms with Gasteiger partial charge in [-0.3, -0.25) is 0 Å². The first-order valence-corrected chi connectivity index (χ1v) is 9.65. The molecule has 1 aliphatic heterocycles. The number of nitrogens with zero attached hydrogens (tertiary/aromatic N) is 3. The second-order valence-corrected chi connectivity index (χ2v) is 8.04. The van der Waals surface area contributed by atoms with Crippen LogP contribution in [0.15, 0.2) is 36.7 Å². The van der Waals surface area contributed by atoms with E-state index in [0.717, 1.165) is 42.1 Å². The molecule has 2 aromatic heterocycles. The van der Waals surface area contributed by atoms with E-state index < -0.39 is 0 Å². The second kappa shape index (κ2) is 6.73. The molecule has 4 nitrogen and oxygen atoms in total. The normalized spacial score (nSPS) is 17.2. The largest absolute Gasteiger partial charge is 0.388 e. The van der Waals surface area contributed by atoms with E-state index in [1.54, 1.807) is 17.7 Å². The van der Waals surface area contributed by atoms with E-state index in [4.69, 9.17) is 0 Å². The molecule has 1 atom stereocenters. The van der Waals surface area contributed by atoms with Crippen molar-refractivity contribution in [3.05, 3.63) is 52.7 Å². The van der Waals surface area contributed by atoms with Crippen molar-refractivity contribution in [2.24, 2.45) is 5.92 Å². The van der Waals surface area contributed by atoms with Crippen LogP contribution in [0.25, 0.3) is 10.2 Å². The number of benzene rings is 1. The predicted molar refractivity (Wildman–Crippen MR) is 103 cm³/mol. The van der Waals surface area contributed by atoms with Gasteiger partial charge in [0.15, 0.2) is 0 Å². The van der Waals surface area contributed by atoms with Gasteiger partial charge in [-0.05, 0) is 43.7 Å². The first-order valence-electron chi connectivity index (χ1n) is 8.84. The Hall–Kier alpha value is -1.98. The van der Waals surface area contributed by atoms with Crippen LogP contribution < -0.4 is 4.90 Å². The number of aromatic nitrogens is 2. The molecule has 130 valence electrons. The first-order chi connectivity index (χ1) is 12.1. The molecule has 0 spiro atoms.